The smallest absolute Gasteiger partial charge is 0.160 e. The van der Waals surface area contributed by atoms with Crippen LogP contribution in [0.25, 0.3) is 83.6 Å². The third-order valence-corrected chi connectivity index (χ3v) is 9.52. The molecule has 3 heteroatoms. The van der Waals surface area contributed by atoms with Crippen LogP contribution in [-0.2, 0) is 0 Å². The van der Waals surface area contributed by atoms with Gasteiger partial charge in [0.25, 0.3) is 0 Å². The Morgan fingerprint density at radius 3 is 1.78 bits per heavy atom. The quantitative estimate of drug-likeness (QED) is 0.179. The van der Waals surface area contributed by atoms with Gasteiger partial charge in [0.05, 0.1) is 17.6 Å². The number of hydrogen-bond donors (Lipinski definition) is 0. The molecule has 1 aliphatic heterocycles. The van der Waals surface area contributed by atoms with Gasteiger partial charge in [-0.3, -0.25) is 0 Å². The average Bonchev–Trinajstić information content (AvgIpc) is 3.21. The highest BCUT2D eigenvalue weighted by atomic mass is 16.5. The van der Waals surface area contributed by atoms with Gasteiger partial charge >= 0.3 is 0 Å². The average molecular weight is 653 g/mol. The van der Waals surface area contributed by atoms with Crippen LogP contribution in [0.15, 0.2) is 189 Å². The molecule has 0 fully saturated rings. The van der Waals surface area contributed by atoms with Crippen LogP contribution in [0.4, 0.5) is 0 Å². The van der Waals surface area contributed by atoms with Crippen molar-refractivity contribution in [3.8, 4) is 73.0 Å². The molecular formula is C48H32N2O. The number of nitrogens with zero attached hydrogens (tertiary/aromatic N) is 2. The molecule has 7 aromatic carbocycles. The summed E-state index contributed by atoms with van der Waals surface area (Å²) in [5.41, 5.74) is 13.7. The van der Waals surface area contributed by atoms with Crippen molar-refractivity contribution in [2.75, 3.05) is 0 Å². The molecule has 2 heterocycles. The highest BCUT2D eigenvalue weighted by Crippen LogP contribution is 2.41. The van der Waals surface area contributed by atoms with Gasteiger partial charge in [-0.05, 0) is 74.0 Å². The molecule has 9 rings (SSSR count). The van der Waals surface area contributed by atoms with E-state index in [1.54, 1.807) is 6.26 Å². The topological polar surface area (TPSA) is 35.0 Å². The van der Waals surface area contributed by atoms with Crippen molar-refractivity contribution in [3.05, 3.63) is 194 Å². The molecule has 0 saturated heterocycles. The molecule has 0 bridgehead atoms. The van der Waals surface area contributed by atoms with Crippen molar-refractivity contribution in [1.82, 2.24) is 9.97 Å². The predicted octanol–water partition coefficient (Wildman–Crippen LogP) is 12.6. The van der Waals surface area contributed by atoms with Crippen molar-refractivity contribution in [3.63, 3.8) is 0 Å². The molecule has 0 atom stereocenters. The number of benzene rings is 7. The van der Waals surface area contributed by atoms with Gasteiger partial charge in [0.1, 0.15) is 5.75 Å². The molecule has 0 unspecified atom stereocenters. The number of aromatic nitrogens is 2. The molecule has 0 N–H and O–H groups in total. The van der Waals surface area contributed by atoms with Gasteiger partial charge in [0.15, 0.2) is 5.82 Å². The van der Waals surface area contributed by atoms with E-state index in [9.17, 15) is 0 Å². The van der Waals surface area contributed by atoms with Crippen LogP contribution >= 0.6 is 0 Å². The van der Waals surface area contributed by atoms with E-state index < -0.39 is 0 Å². The summed E-state index contributed by atoms with van der Waals surface area (Å²) in [4.78, 5) is 10.2. The SMILES string of the molecule is C=C1C=COc2cc(-c3ccc(-c4c(-c5cccc(-c6nc(-c7ccccc7)cc(-c7ccccc7)n6)c5)ccc5ccccc45)cc3)ccc21. The second-order valence-corrected chi connectivity index (χ2v) is 12.7. The molecule has 1 aliphatic rings. The third kappa shape index (κ3) is 5.81. The van der Waals surface area contributed by atoms with Gasteiger partial charge in [-0.15, -0.1) is 0 Å². The number of ether oxygens (including phenoxy) is 1. The normalized spacial score (nSPS) is 12.0. The van der Waals surface area contributed by atoms with E-state index in [0.29, 0.717) is 5.82 Å². The lowest BCUT2D eigenvalue weighted by atomic mass is 9.88. The van der Waals surface area contributed by atoms with Crippen LogP contribution in [-0.4, -0.2) is 9.97 Å². The molecule has 51 heavy (non-hydrogen) atoms. The molecule has 8 aromatic rings. The molecule has 0 amide bonds. The molecule has 0 aliphatic carbocycles. The molecule has 0 saturated carbocycles. The summed E-state index contributed by atoms with van der Waals surface area (Å²) in [5.74, 6) is 1.52. The minimum absolute atomic E-state index is 0.692. The lowest BCUT2D eigenvalue weighted by Gasteiger charge is -2.17. The van der Waals surface area contributed by atoms with E-state index in [1.165, 1.54) is 16.3 Å². The molecule has 3 nitrogen and oxygen atoms in total. The van der Waals surface area contributed by atoms with Crippen molar-refractivity contribution >= 4 is 16.3 Å². The Balaban J connectivity index is 1.15. The Hall–Kier alpha value is -6.84. The Kier molecular flexibility index (Phi) is 7.64. The van der Waals surface area contributed by atoms with E-state index in [2.05, 4.69) is 140 Å². The second kappa shape index (κ2) is 12.9. The van der Waals surface area contributed by atoms with Gasteiger partial charge in [0.2, 0.25) is 0 Å². The number of fused-ring (bicyclic) bond motifs is 2. The van der Waals surface area contributed by atoms with Crippen molar-refractivity contribution < 1.29 is 4.74 Å². The lowest BCUT2D eigenvalue weighted by molar-refractivity contribution is 0.476. The van der Waals surface area contributed by atoms with Crippen molar-refractivity contribution in [2.24, 2.45) is 0 Å². The second-order valence-electron chi connectivity index (χ2n) is 12.7. The Morgan fingerprint density at radius 2 is 1.04 bits per heavy atom. The Morgan fingerprint density at radius 1 is 0.431 bits per heavy atom. The standard InChI is InChI=1S/C48H32N2O/c1-32-27-28-51-46-30-38(24-25-41(32)46)33-19-21-37(22-20-33)47-42-18-9-8-11-34(42)23-26-43(47)39-16-10-17-40(29-39)48-49-44(35-12-4-2-5-13-35)31-45(50-48)36-14-6-3-7-15-36/h2-31H,1H2. The van der Waals surface area contributed by atoms with E-state index in [-0.39, 0.29) is 0 Å². The van der Waals surface area contributed by atoms with Gasteiger partial charge in [0, 0.05) is 22.3 Å². The maximum Gasteiger partial charge on any atom is 0.160 e. The predicted molar refractivity (Wildman–Crippen MR) is 211 cm³/mol. The highest BCUT2D eigenvalue weighted by molar-refractivity contribution is 6.04. The van der Waals surface area contributed by atoms with Crippen LogP contribution in [0.5, 0.6) is 5.75 Å². The van der Waals surface area contributed by atoms with E-state index >= 15 is 0 Å². The molecule has 0 radical (unpaired) electrons. The maximum atomic E-state index is 5.81. The summed E-state index contributed by atoms with van der Waals surface area (Å²) in [5, 5.41) is 2.40. The first-order chi connectivity index (χ1) is 25.2. The molecular weight excluding hydrogens is 621 g/mol. The van der Waals surface area contributed by atoms with Crippen molar-refractivity contribution in [2.45, 2.75) is 0 Å². The number of hydrogen-bond acceptors (Lipinski definition) is 3. The summed E-state index contributed by atoms with van der Waals surface area (Å²) in [6.07, 6.45) is 3.59. The number of allylic oxidation sites excluding steroid dienone is 2. The van der Waals surface area contributed by atoms with Crippen LogP contribution in [0.3, 0.4) is 0 Å². The molecule has 240 valence electrons. The summed E-state index contributed by atoms with van der Waals surface area (Å²) in [6, 6.07) is 59.5. The molecule has 0 spiro atoms. The maximum absolute atomic E-state index is 5.81. The van der Waals surface area contributed by atoms with Crippen LogP contribution in [0, 0.1) is 0 Å². The van der Waals surface area contributed by atoms with Crippen molar-refractivity contribution in [1.29, 1.82) is 0 Å². The number of rotatable bonds is 6. The minimum Gasteiger partial charge on any atom is -0.464 e. The van der Waals surface area contributed by atoms with E-state index in [1.807, 2.05) is 42.5 Å². The Bertz CT molecular complexity index is 2550. The highest BCUT2D eigenvalue weighted by Gasteiger charge is 2.16. The zero-order chi connectivity index (χ0) is 34.1. The summed E-state index contributed by atoms with van der Waals surface area (Å²) < 4.78 is 5.81. The van der Waals surface area contributed by atoms with Gasteiger partial charge in [-0.25, -0.2) is 9.97 Å². The summed E-state index contributed by atoms with van der Waals surface area (Å²) >= 11 is 0. The van der Waals surface area contributed by atoms with Gasteiger partial charge in [-0.1, -0.05) is 158 Å². The first-order valence-electron chi connectivity index (χ1n) is 17.1. The summed E-state index contributed by atoms with van der Waals surface area (Å²) in [7, 11) is 0. The van der Waals surface area contributed by atoms with E-state index in [0.717, 1.165) is 72.8 Å². The van der Waals surface area contributed by atoms with Crippen LogP contribution in [0.1, 0.15) is 5.56 Å². The first kappa shape index (κ1) is 30.2. The van der Waals surface area contributed by atoms with E-state index in [4.69, 9.17) is 14.7 Å². The third-order valence-electron chi connectivity index (χ3n) is 9.52. The fraction of sp³-hybridized carbons (Fsp3) is 0. The fourth-order valence-electron chi connectivity index (χ4n) is 6.91. The van der Waals surface area contributed by atoms with Crippen LogP contribution < -0.4 is 4.74 Å². The molecule has 1 aromatic heterocycles. The Labute approximate surface area is 297 Å². The monoisotopic (exact) mass is 652 g/mol. The fourth-order valence-corrected chi connectivity index (χ4v) is 6.91. The van der Waals surface area contributed by atoms with Gasteiger partial charge < -0.3 is 4.74 Å². The van der Waals surface area contributed by atoms with Crippen LogP contribution in [0.2, 0.25) is 0 Å². The first-order valence-corrected chi connectivity index (χ1v) is 17.1. The lowest BCUT2D eigenvalue weighted by Crippen LogP contribution is -1.96. The minimum atomic E-state index is 0.692. The van der Waals surface area contributed by atoms with Gasteiger partial charge in [-0.2, -0.15) is 0 Å². The summed E-state index contributed by atoms with van der Waals surface area (Å²) in [6.45, 7) is 4.14. The largest absolute Gasteiger partial charge is 0.464 e. The zero-order valence-electron chi connectivity index (χ0n) is 27.8. The zero-order valence-corrected chi connectivity index (χ0v) is 27.8.